The van der Waals surface area contributed by atoms with Crippen LogP contribution < -0.4 is 4.90 Å². The highest BCUT2D eigenvalue weighted by molar-refractivity contribution is 6.07. The molecule has 0 amide bonds. The molecule has 0 spiro atoms. The van der Waals surface area contributed by atoms with Gasteiger partial charge in [-0.25, -0.2) is 0 Å². The van der Waals surface area contributed by atoms with Crippen molar-refractivity contribution in [3.05, 3.63) is 245 Å². The van der Waals surface area contributed by atoms with Crippen LogP contribution in [0, 0.1) is 0 Å². The molecule has 3 aliphatic carbocycles. The predicted molar refractivity (Wildman–Crippen MR) is 244 cm³/mol. The van der Waals surface area contributed by atoms with Crippen LogP contribution >= 0.6 is 0 Å². The lowest BCUT2D eigenvalue weighted by molar-refractivity contribution is 0.665. The van der Waals surface area contributed by atoms with Gasteiger partial charge in [0.05, 0.1) is 5.41 Å². The van der Waals surface area contributed by atoms with E-state index in [4.69, 9.17) is 4.42 Å². The summed E-state index contributed by atoms with van der Waals surface area (Å²) in [5, 5.41) is 2.23. The Morgan fingerprint density at radius 1 is 0.475 bits per heavy atom. The van der Waals surface area contributed by atoms with E-state index in [9.17, 15) is 0 Å². The smallest absolute Gasteiger partial charge is 0.137 e. The van der Waals surface area contributed by atoms with Crippen molar-refractivity contribution in [1.29, 1.82) is 0 Å². The average Bonchev–Trinajstić information content (AvgIpc) is 3.93. The highest BCUT2D eigenvalue weighted by Gasteiger charge is 2.46. The molecule has 1 atom stereocenters. The number of rotatable bonds is 7. The summed E-state index contributed by atoms with van der Waals surface area (Å²) in [4.78, 5) is 2.37. The van der Waals surface area contributed by atoms with Gasteiger partial charge in [-0.3, -0.25) is 0 Å². The summed E-state index contributed by atoms with van der Waals surface area (Å²) in [5.41, 5.74) is 19.1. The van der Waals surface area contributed by atoms with Gasteiger partial charge in [-0.05, 0) is 117 Å². The third kappa shape index (κ3) is 5.19. The molecular formula is C57H41NO. The van der Waals surface area contributed by atoms with E-state index in [1.165, 1.54) is 61.2 Å². The standard InChI is InChI=1S/C57H41NO/c1-4-16-38(17-5-1)34-51-44-22-10-11-23-45(44)52-36-42(29-32-46(51)52)58(41-20-8-3-9-21-41)43-30-33-50-49-31-28-40(35-55(49)59-56(50)37-43)57(39-18-6-2-7-19-39)53-26-14-12-24-47(53)48-25-13-15-27-54(48)57/h2-4,6-33,35-37,51H,1,5,34H2. The number of hydrogen-bond acceptors (Lipinski definition) is 2. The highest BCUT2D eigenvalue weighted by atomic mass is 16.3. The number of anilines is 3. The second kappa shape index (κ2) is 13.5. The minimum Gasteiger partial charge on any atom is -0.456 e. The first-order valence-corrected chi connectivity index (χ1v) is 20.9. The van der Waals surface area contributed by atoms with Gasteiger partial charge in [-0.15, -0.1) is 0 Å². The number of hydrogen-bond donors (Lipinski definition) is 0. The first kappa shape index (κ1) is 33.9. The molecule has 12 rings (SSSR count). The van der Waals surface area contributed by atoms with Crippen LogP contribution in [-0.2, 0) is 5.41 Å². The molecule has 9 aromatic rings. The maximum absolute atomic E-state index is 6.94. The van der Waals surface area contributed by atoms with Crippen LogP contribution in [0.1, 0.15) is 58.6 Å². The molecule has 0 aliphatic heterocycles. The number of nitrogens with zero attached hydrogens (tertiary/aromatic N) is 1. The van der Waals surface area contributed by atoms with Crippen molar-refractivity contribution in [1.82, 2.24) is 0 Å². The fourth-order valence-electron chi connectivity index (χ4n) is 10.6. The third-order valence-electron chi connectivity index (χ3n) is 13.1. The van der Waals surface area contributed by atoms with E-state index >= 15 is 0 Å². The van der Waals surface area contributed by atoms with E-state index in [-0.39, 0.29) is 0 Å². The molecule has 1 unspecified atom stereocenters. The van der Waals surface area contributed by atoms with Crippen LogP contribution in [-0.4, -0.2) is 0 Å². The molecule has 1 aromatic heterocycles. The van der Waals surface area contributed by atoms with Crippen molar-refractivity contribution in [3.8, 4) is 22.3 Å². The first-order chi connectivity index (χ1) is 29.3. The van der Waals surface area contributed by atoms with Gasteiger partial charge < -0.3 is 9.32 Å². The van der Waals surface area contributed by atoms with Gasteiger partial charge in [0.1, 0.15) is 11.2 Å². The summed E-state index contributed by atoms with van der Waals surface area (Å²) in [6, 6.07) is 69.2. The number of para-hydroxylation sites is 1. The van der Waals surface area contributed by atoms with E-state index in [2.05, 4.69) is 211 Å². The Morgan fingerprint density at radius 3 is 1.83 bits per heavy atom. The van der Waals surface area contributed by atoms with Crippen molar-refractivity contribution in [2.24, 2.45) is 0 Å². The maximum atomic E-state index is 6.94. The first-order valence-electron chi connectivity index (χ1n) is 20.9. The van der Waals surface area contributed by atoms with Crippen molar-refractivity contribution in [3.63, 3.8) is 0 Å². The van der Waals surface area contributed by atoms with Gasteiger partial charge in [0.25, 0.3) is 0 Å². The minimum atomic E-state index is -0.480. The zero-order chi connectivity index (χ0) is 38.9. The second-order valence-electron chi connectivity index (χ2n) is 16.2. The maximum Gasteiger partial charge on any atom is 0.137 e. The Labute approximate surface area is 345 Å². The van der Waals surface area contributed by atoms with Gasteiger partial charge in [0, 0.05) is 39.8 Å². The van der Waals surface area contributed by atoms with Crippen LogP contribution in [0.15, 0.2) is 216 Å². The molecular weight excluding hydrogens is 715 g/mol. The molecule has 280 valence electrons. The predicted octanol–water partition coefficient (Wildman–Crippen LogP) is 15.2. The van der Waals surface area contributed by atoms with Gasteiger partial charge in [-0.2, -0.15) is 0 Å². The molecule has 0 saturated heterocycles. The Hall–Kier alpha value is -7.16. The van der Waals surface area contributed by atoms with Crippen LogP contribution in [0.5, 0.6) is 0 Å². The lowest BCUT2D eigenvalue weighted by Gasteiger charge is -2.33. The molecule has 59 heavy (non-hydrogen) atoms. The van der Waals surface area contributed by atoms with E-state index in [0.717, 1.165) is 58.3 Å². The Balaban J connectivity index is 0.993. The lowest BCUT2D eigenvalue weighted by atomic mass is 9.67. The van der Waals surface area contributed by atoms with E-state index < -0.39 is 5.41 Å². The van der Waals surface area contributed by atoms with Crippen LogP contribution in [0.4, 0.5) is 17.1 Å². The van der Waals surface area contributed by atoms with Crippen LogP contribution in [0.2, 0.25) is 0 Å². The van der Waals surface area contributed by atoms with Crippen molar-refractivity contribution in [2.75, 3.05) is 4.90 Å². The quantitative estimate of drug-likeness (QED) is 0.161. The van der Waals surface area contributed by atoms with E-state index in [0.29, 0.717) is 5.92 Å². The van der Waals surface area contributed by atoms with Gasteiger partial charge in [-0.1, -0.05) is 163 Å². The molecule has 0 bridgehead atoms. The van der Waals surface area contributed by atoms with Crippen LogP contribution in [0.3, 0.4) is 0 Å². The number of benzene rings is 8. The fraction of sp³-hybridized carbons (Fsp3) is 0.0877. The van der Waals surface area contributed by atoms with Crippen molar-refractivity contribution < 1.29 is 4.42 Å². The fourth-order valence-corrected chi connectivity index (χ4v) is 10.6. The molecule has 8 aromatic carbocycles. The summed E-state index contributed by atoms with van der Waals surface area (Å²) >= 11 is 0. The average molecular weight is 756 g/mol. The molecule has 0 N–H and O–H groups in total. The molecule has 0 radical (unpaired) electrons. The summed E-state index contributed by atoms with van der Waals surface area (Å²) in [5.74, 6) is 0.346. The normalized spacial score (nSPS) is 15.7. The zero-order valence-electron chi connectivity index (χ0n) is 32.7. The van der Waals surface area contributed by atoms with Crippen molar-refractivity contribution >= 4 is 39.0 Å². The van der Waals surface area contributed by atoms with Gasteiger partial charge >= 0.3 is 0 Å². The second-order valence-corrected chi connectivity index (χ2v) is 16.2. The number of furan rings is 1. The van der Waals surface area contributed by atoms with Crippen molar-refractivity contribution in [2.45, 2.75) is 30.6 Å². The molecule has 2 nitrogen and oxygen atoms in total. The topological polar surface area (TPSA) is 16.4 Å². The Kier molecular flexibility index (Phi) is 7.74. The molecule has 2 heteroatoms. The monoisotopic (exact) mass is 755 g/mol. The highest BCUT2D eigenvalue weighted by Crippen LogP contribution is 2.57. The van der Waals surface area contributed by atoms with E-state index in [1.54, 1.807) is 0 Å². The van der Waals surface area contributed by atoms with E-state index in [1.807, 2.05) is 0 Å². The molecule has 3 aliphatic rings. The lowest BCUT2D eigenvalue weighted by Crippen LogP contribution is -2.28. The van der Waals surface area contributed by atoms with Gasteiger partial charge in [0.2, 0.25) is 0 Å². The zero-order valence-corrected chi connectivity index (χ0v) is 32.7. The summed E-state index contributed by atoms with van der Waals surface area (Å²) in [6.07, 6.45) is 10.4. The number of allylic oxidation sites excluding steroid dienone is 4. The minimum absolute atomic E-state index is 0.346. The third-order valence-corrected chi connectivity index (χ3v) is 13.1. The number of fused-ring (bicyclic) bond motifs is 9. The Bertz CT molecular complexity index is 3100. The molecule has 0 saturated carbocycles. The van der Waals surface area contributed by atoms with Gasteiger partial charge in [0.15, 0.2) is 0 Å². The summed E-state index contributed by atoms with van der Waals surface area (Å²) < 4.78 is 6.94. The molecule has 0 fully saturated rings. The largest absolute Gasteiger partial charge is 0.456 e. The molecule has 1 heterocycles. The summed E-state index contributed by atoms with van der Waals surface area (Å²) in [7, 11) is 0. The SMILES string of the molecule is C1=CC(CC2c3ccccc3-c3cc(N(c4ccccc4)c4ccc5c(c4)oc4cc(C6(c7ccccc7)c7ccccc7-c7ccccc76)ccc45)ccc32)=CCC1. The summed E-state index contributed by atoms with van der Waals surface area (Å²) in [6.45, 7) is 0. The Morgan fingerprint density at radius 2 is 1.08 bits per heavy atom. The van der Waals surface area contributed by atoms with Crippen LogP contribution in [0.25, 0.3) is 44.2 Å².